The van der Waals surface area contributed by atoms with Crippen molar-refractivity contribution in [1.82, 2.24) is 20.1 Å². The summed E-state index contributed by atoms with van der Waals surface area (Å²) in [5.74, 6) is 0.497. The SMILES string of the molecule is N#CN1CC[C@@H](C(=O)Nc2nc3c(s2)CN(C(=O)CC2CCNCC2)CC3)C1. The fourth-order valence-corrected chi connectivity index (χ4v) is 5.22. The van der Waals surface area contributed by atoms with Crippen LogP contribution in [-0.2, 0) is 22.6 Å². The van der Waals surface area contributed by atoms with Crippen molar-refractivity contribution in [1.29, 1.82) is 5.26 Å². The molecule has 2 fully saturated rings. The number of fused-ring (bicyclic) bond motifs is 1. The number of nitriles is 1. The van der Waals surface area contributed by atoms with Gasteiger partial charge >= 0.3 is 0 Å². The van der Waals surface area contributed by atoms with Gasteiger partial charge in [-0.25, -0.2) is 4.98 Å². The van der Waals surface area contributed by atoms with Crippen LogP contribution in [0.3, 0.4) is 0 Å². The number of hydrogen-bond donors (Lipinski definition) is 2. The van der Waals surface area contributed by atoms with E-state index in [0.29, 0.717) is 50.1 Å². The zero-order chi connectivity index (χ0) is 19.5. The molecule has 0 aromatic carbocycles. The number of rotatable bonds is 4. The number of aromatic nitrogens is 1. The van der Waals surface area contributed by atoms with E-state index >= 15 is 0 Å². The van der Waals surface area contributed by atoms with Crippen LogP contribution in [0.4, 0.5) is 5.13 Å². The number of carbonyl (C=O) groups is 2. The highest BCUT2D eigenvalue weighted by atomic mass is 32.1. The summed E-state index contributed by atoms with van der Waals surface area (Å²) in [5, 5.41) is 15.8. The van der Waals surface area contributed by atoms with Gasteiger partial charge in [0.05, 0.1) is 18.2 Å². The molecule has 0 bridgehead atoms. The van der Waals surface area contributed by atoms with Gasteiger partial charge < -0.3 is 20.4 Å². The number of piperidine rings is 1. The molecule has 28 heavy (non-hydrogen) atoms. The molecule has 2 saturated heterocycles. The average Bonchev–Trinajstić information content (AvgIpc) is 3.34. The van der Waals surface area contributed by atoms with Gasteiger partial charge in [-0.1, -0.05) is 11.3 Å². The van der Waals surface area contributed by atoms with E-state index in [-0.39, 0.29) is 17.7 Å². The third-order valence-corrected chi connectivity index (χ3v) is 6.93. The van der Waals surface area contributed by atoms with Gasteiger partial charge in [0.2, 0.25) is 11.8 Å². The highest BCUT2D eigenvalue weighted by Gasteiger charge is 2.30. The number of nitrogens with one attached hydrogen (secondary N) is 2. The molecule has 0 saturated carbocycles. The second-order valence-electron chi connectivity index (χ2n) is 7.87. The quantitative estimate of drug-likeness (QED) is 0.733. The lowest BCUT2D eigenvalue weighted by Crippen LogP contribution is -2.38. The van der Waals surface area contributed by atoms with Crippen molar-refractivity contribution in [3.63, 3.8) is 0 Å². The van der Waals surface area contributed by atoms with E-state index in [1.54, 1.807) is 4.90 Å². The van der Waals surface area contributed by atoms with Gasteiger partial charge in [-0.2, -0.15) is 5.26 Å². The minimum absolute atomic E-state index is 0.0670. The van der Waals surface area contributed by atoms with Crippen LogP contribution in [0.1, 0.15) is 36.3 Å². The molecule has 0 unspecified atom stereocenters. The molecule has 1 aromatic heterocycles. The van der Waals surface area contributed by atoms with Crippen LogP contribution in [0.25, 0.3) is 0 Å². The Morgan fingerprint density at radius 2 is 2.11 bits per heavy atom. The lowest BCUT2D eigenvalue weighted by molar-refractivity contribution is -0.133. The lowest BCUT2D eigenvalue weighted by atomic mass is 9.94. The number of anilines is 1. The van der Waals surface area contributed by atoms with E-state index in [4.69, 9.17) is 5.26 Å². The van der Waals surface area contributed by atoms with Gasteiger partial charge in [0.1, 0.15) is 0 Å². The summed E-state index contributed by atoms with van der Waals surface area (Å²) >= 11 is 1.47. The number of amides is 2. The summed E-state index contributed by atoms with van der Waals surface area (Å²) in [5.41, 5.74) is 0.997. The van der Waals surface area contributed by atoms with Crippen LogP contribution in [-0.4, -0.2) is 59.3 Å². The maximum absolute atomic E-state index is 12.7. The van der Waals surface area contributed by atoms with Crippen molar-refractivity contribution in [3.05, 3.63) is 10.6 Å². The van der Waals surface area contributed by atoms with Crippen molar-refractivity contribution in [2.24, 2.45) is 11.8 Å². The van der Waals surface area contributed by atoms with Crippen LogP contribution < -0.4 is 10.6 Å². The maximum atomic E-state index is 12.7. The Morgan fingerprint density at radius 3 is 2.86 bits per heavy atom. The van der Waals surface area contributed by atoms with Gasteiger partial charge in [0, 0.05) is 37.4 Å². The zero-order valence-corrected chi connectivity index (χ0v) is 16.8. The first kappa shape index (κ1) is 19.2. The van der Waals surface area contributed by atoms with Crippen molar-refractivity contribution < 1.29 is 9.59 Å². The average molecular weight is 403 g/mol. The molecule has 0 spiro atoms. The van der Waals surface area contributed by atoms with Crippen LogP contribution in [0.5, 0.6) is 0 Å². The molecule has 8 nitrogen and oxygen atoms in total. The Bertz CT molecular complexity index is 782. The molecule has 1 aromatic rings. The van der Waals surface area contributed by atoms with E-state index in [1.807, 2.05) is 4.90 Å². The van der Waals surface area contributed by atoms with Gasteiger partial charge in [0.25, 0.3) is 0 Å². The van der Waals surface area contributed by atoms with E-state index in [2.05, 4.69) is 21.8 Å². The molecule has 2 amide bonds. The van der Waals surface area contributed by atoms with E-state index in [1.165, 1.54) is 11.3 Å². The lowest BCUT2D eigenvalue weighted by Gasteiger charge is -2.29. The van der Waals surface area contributed by atoms with E-state index < -0.39 is 0 Å². The smallest absolute Gasteiger partial charge is 0.231 e. The highest BCUT2D eigenvalue weighted by molar-refractivity contribution is 7.15. The second-order valence-corrected chi connectivity index (χ2v) is 8.96. The van der Waals surface area contributed by atoms with Gasteiger partial charge in [-0.05, 0) is 38.3 Å². The maximum Gasteiger partial charge on any atom is 0.231 e. The number of hydrogen-bond acceptors (Lipinski definition) is 7. The van der Waals surface area contributed by atoms with Gasteiger partial charge in [-0.15, -0.1) is 0 Å². The fraction of sp³-hybridized carbons (Fsp3) is 0.684. The third-order valence-electron chi connectivity index (χ3n) is 5.94. The van der Waals surface area contributed by atoms with Crippen LogP contribution >= 0.6 is 11.3 Å². The Labute approximate surface area is 168 Å². The Kier molecular flexibility index (Phi) is 5.78. The summed E-state index contributed by atoms with van der Waals surface area (Å²) < 4.78 is 0. The molecular formula is C19H26N6O2S. The largest absolute Gasteiger partial charge is 0.337 e. The van der Waals surface area contributed by atoms with E-state index in [0.717, 1.165) is 42.9 Å². The summed E-state index contributed by atoms with van der Waals surface area (Å²) in [6.07, 6.45) is 6.32. The van der Waals surface area contributed by atoms with Crippen molar-refractivity contribution in [2.75, 3.05) is 38.0 Å². The molecule has 0 aliphatic carbocycles. The topological polar surface area (TPSA) is 101 Å². The van der Waals surface area contributed by atoms with Crippen molar-refractivity contribution in [2.45, 2.75) is 38.6 Å². The first-order valence-electron chi connectivity index (χ1n) is 10.0. The fourth-order valence-electron chi connectivity index (χ4n) is 4.20. The first-order chi connectivity index (χ1) is 13.6. The van der Waals surface area contributed by atoms with Crippen molar-refractivity contribution >= 4 is 28.3 Å². The Hall–Kier alpha value is -2.18. The monoisotopic (exact) mass is 402 g/mol. The normalized spacial score (nSPS) is 22.6. The molecule has 3 aliphatic heterocycles. The van der Waals surface area contributed by atoms with E-state index in [9.17, 15) is 9.59 Å². The molecule has 4 heterocycles. The molecule has 9 heteroatoms. The first-order valence-corrected chi connectivity index (χ1v) is 10.9. The minimum Gasteiger partial charge on any atom is -0.337 e. The van der Waals surface area contributed by atoms with Crippen LogP contribution in [0.15, 0.2) is 0 Å². The summed E-state index contributed by atoms with van der Waals surface area (Å²) in [4.78, 5) is 34.3. The number of carbonyl (C=O) groups excluding carboxylic acids is 2. The number of likely N-dealkylation sites (tertiary alicyclic amines) is 1. The number of thiazole rings is 1. The standard InChI is InChI=1S/C19H26N6O2S/c20-12-24-7-3-14(10-24)18(27)23-19-22-15-4-8-25(11-16(15)28-19)17(26)9-13-1-5-21-6-2-13/h13-14,21H,1-11H2,(H,22,23,27)/t14-/m1/s1. The van der Waals surface area contributed by atoms with Crippen molar-refractivity contribution in [3.8, 4) is 6.19 Å². The number of nitrogens with zero attached hydrogens (tertiary/aromatic N) is 4. The molecule has 3 aliphatic rings. The summed E-state index contributed by atoms with van der Waals surface area (Å²) in [6, 6.07) is 0. The molecule has 150 valence electrons. The minimum atomic E-state index is -0.163. The predicted octanol–water partition coefficient (Wildman–Crippen LogP) is 1.16. The highest BCUT2D eigenvalue weighted by Crippen LogP contribution is 2.30. The molecule has 4 rings (SSSR count). The van der Waals surface area contributed by atoms with Crippen LogP contribution in [0.2, 0.25) is 0 Å². The second kappa shape index (κ2) is 8.45. The van der Waals surface area contributed by atoms with Gasteiger partial charge in [0.15, 0.2) is 11.3 Å². The van der Waals surface area contributed by atoms with Gasteiger partial charge in [-0.3, -0.25) is 9.59 Å². The van der Waals surface area contributed by atoms with Crippen LogP contribution in [0, 0.1) is 23.3 Å². The summed E-state index contributed by atoms with van der Waals surface area (Å²) in [6.45, 7) is 4.43. The molecule has 1 atom stereocenters. The summed E-state index contributed by atoms with van der Waals surface area (Å²) in [7, 11) is 0. The Balaban J connectivity index is 1.32. The third kappa shape index (κ3) is 4.28. The molecular weight excluding hydrogens is 376 g/mol. The predicted molar refractivity (Wildman–Crippen MR) is 105 cm³/mol. The molecule has 0 radical (unpaired) electrons. The Morgan fingerprint density at radius 1 is 1.29 bits per heavy atom. The molecule has 2 N–H and O–H groups in total. The zero-order valence-electron chi connectivity index (χ0n) is 15.9.